The normalized spacial score (nSPS) is 22.0. The zero-order valence-electron chi connectivity index (χ0n) is 14.2. The van der Waals surface area contributed by atoms with E-state index in [1.165, 1.54) is 0 Å². The molecule has 1 aliphatic rings. The Hall–Kier alpha value is -1.23. The first kappa shape index (κ1) is 19.1. The molecule has 1 heterocycles. The van der Waals surface area contributed by atoms with Crippen LogP contribution in [0.5, 0.6) is 0 Å². The molecule has 1 saturated heterocycles. The Kier molecular flexibility index (Phi) is 6.18. The van der Waals surface area contributed by atoms with Crippen molar-refractivity contribution in [2.45, 2.75) is 38.4 Å². The van der Waals surface area contributed by atoms with Crippen LogP contribution in [-0.4, -0.2) is 42.4 Å². The summed E-state index contributed by atoms with van der Waals surface area (Å²) in [7, 11) is 0. The molecule has 2 atom stereocenters. The van der Waals surface area contributed by atoms with E-state index in [1.54, 1.807) is 17.0 Å². The van der Waals surface area contributed by atoms with Crippen LogP contribution >= 0.6 is 23.2 Å². The van der Waals surface area contributed by atoms with Gasteiger partial charge in [0.15, 0.2) is 0 Å². The predicted octanol–water partition coefficient (Wildman–Crippen LogP) is 4.90. The van der Waals surface area contributed by atoms with E-state index in [2.05, 4.69) is 6.58 Å². The van der Waals surface area contributed by atoms with Crippen LogP contribution in [0.2, 0.25) is 10.0 Å². The molecule has 0 aliphatic carbocycles. The van der Waals surface area contributed by atoms with Gasteiger partial charge in [-0.2, -0.15) is 0 Å². The lowest BCUT2D eigenvalue weighted by Crippen LogP contribution is -2.40. The molecule has 0 saturated carbocycles. The van der Waals surface area contributed by atoms with Gasteiger partial charge in [0.1, 0.15) is 5.60 Å². The van der Waals surface area contributed by atoms with Gasteiger partial charge in [-0.1, -0.05) is 35.3 Å². The second-order valence-electron chi connectivity index (χ2n) is 6.78. The minimum Gasteiger partial charge on any atom is -0.444 e. The van der Waals surface area contributed by atoms with E-state index in [4.69, 9.17) is 32.7 Å². The number of ether oxygens (including phenoxy) is 2. The van der Waals surface area contributed by atoms with Crippen LogP contribution in [0.15, 0.2) is 30.9 Å². The first-order valence-corrected chi connectivity index (χ1v) is 8.64. The molecule has 2 unspecified atom stereocenters. The highest BCUT2D eigenvalue weighted by atomic mass is 35.5. The van der Waals surface area contributed by atoms with Crippen LogP contribution < -0.4 is 0 Å². The van der Waals surface area contributed by atoms with Crippen LogP contribution in [0.3, 0.4) is 0 Å². The molecule has 1 amide bonds. The van der Waals surface area contributed by atoms with Gasteiger partial charge < -0.3 is 14.4 Å². The van der Waals surface area contributed by atoms with E-state index in [1.807, 2.05) is 32.9 Å². The second kappa shape index (κ2) is 7.77. The lowest BCUT2D eigenvalue weighted by atomic mass is 9.93. The summed E-state index contributed by atoms with van der Waals surface area (Å²) < 4.78 is 11.3. The standard InChI is InChI=1S/C18H23Cl2NO3/c1-5-16-13(12-6-7-14(19)15(20)10-12)11-21(8-9-23-16)17(22)24-18(2,3)4/h5-7,10,13,16H,1,8-9,11H2,2-4H3. The number of nitrogens with zero attached hydrogens (tertiary/aromatic N) is 1. The van der Waals surface area contributed by atoms with Crippen molar-refractivity contribution in [2.24, 2.45) is 0 Å². The lowest BCUT2D eigenvalue weighted by molar-refractivity contribution is 0.0238. The molecule has 1 aliphatic heterocycles. The fourth-order valence-electron chi connectivity index (χ4n) is 2.61. The maximum atomic E-state index is 12.4. The van der Waals surface area contributed by atoms with Gasteiger partial charge in [0, 0.05) is 19.0 Å². The summed E-state index contributed by atoms with van der Waals surface area (Å²) in [5, 5.41) is 0.971. The molecule has 0 bridgehead atoms. The van der Waals surface area contributed by atoms with Crippen LogP contribution in [0.1, 0.15) is 32.3 Å². The van der Waals surface area contributed by atoms with Crippen LogP contribution in [0.25, 0.3) is 0 Å². The van der Waals surface area contributed by atoms with E-state index in [0.29, 0.717) is 29.7 Å². The summed E-state index contributed by atoms with van der Waals surface area (Å²) in [6.07, 6.45) is 1.20. The van der Waals surface area contributed by atoms with Crippen molar-refractivity contribution in [3.63, 3.8) is 0 Å². The Bertz CT molecular complexity index is 613. The first-order valence-electron chi connectivity index (χ1n) is 7.88. The molecule has 132 valence electrons. The highest BCUT2D eigenvalue weighted by Crippen LogP contribution is 2.31. The fraction of sp³-hybridized carbons (Fsp3) is 0.500. The third-order valence-electron chi connectivity index (χ3n) is 3.74. The highest BCUT2D eigenvalue weighted by Gasteiger charge is 2.32. The number of amides is 1. The largest absolute Gasteiger partial charge is 0.444 e. The third-order valence-corrected chi connectivity index (χ3v) is 4.48. The summed E-state index contributed by atoms with van der Waals surface area (Å²) in [5.41, 5.74) is 0.408. The van der Waals surface area contributed by atoms with Crippen molar-refractivity contribution < 1.29 is 14.3 Å². The van der Waals surface area contributed by atoms with Crippen LogP contribution in [0.4, 0.5) is 4.79 Å². The van der Waals surface area contributed by atoms with Gasteiger partial charge in [0.05, 0.1) is 22.8 Å². The molecule has 0 spiro atoms. The van der Waals surface area contributed by atoms with Crippen LogP contribution in [0, 0.1) is 0 Å². The van der Waals surface area contributed by atoms with Crippen molar-refractivity contribution in [2.75, 3.05) is 19.7 Å². The van der Waals surface area contributed by atoms with Crippen molar-refractivity contribution in [3.05, 3.63) is 46.5 Å². The first-order chi connectivity index (χ1) is 11.2. The van der Waals surface area contributed by atoms with E-state index in [-0.39, 0.29) is 18.1 Å². The Balaban J connectivity index is 2.26. The molecule has 6 heteroatoms. The van der Waals surface area contributed by atoms with Crippen molar-refractivity contribution in [3.8, 4) is 0 Å². The predicted molar refractivity (Wildman–Crippen MR) is 96.9 cm³/mol. The molecular weight excluding hydrogens is 349 g/mol. The maximum absolute atomic E-state index is 12.4. The SMILES string of the molecule is C=CC1OCCN(C(=O)OC(C)(C)C)CC1c1ccc(Cl)c(Cl)c1. The van der Waals surface area contributed by atoms with Gasteiger partial charge in [-0.25, -0.2) is 4.79 Å². The average Bonchev–Trinajstić information content (AvgIpc) is 2.70. The van der Waals surface area contributed by atoms with E-state index in [9.17, 15) is 4.79 Å². The van der Waals surface area contributed by atoms with Crippen molar-refractivity contribution >= 4 is 29.3 Å². The molecule has 2 rings (SSSR count). The number of carbonyl (C=O) groups is 1. The van der Waals surface area contributed by atoms with Gasteiger partial charge in [0.25, 0.3) is 0 Å². The number of rotatable bonds is 2. The van der Waals surface area contributed by atoms with Gasteiger partial charge in [-0.05, 0) is 38.5 Å². The number of benzene rings is 1. The Labute approximate surface area is 153 Å². The molecule has 1 aromatic rings. The zero-order valence-corrected chi connectivity index (χ0v) is 15.7. The topological polar surface area (TPSA) is 38.8 Å². The quantitative estimate of drug-likeness (QED) is 0.694. The van der Waals surface area contributed by atoms with Gasteiger partial charge in [0.2, 0.25) is 0 Å². The van der Waals surface area contributed by atoms with Gasteiger partial charge >= 0.3 is 6.09 Å². The summed E-state index contributed by atoms with van der Waals surface area (Å²) in [6, 6.07) is 5.46. The fourth-order valence-corrected chi connectivity index (χ4v) is 2.92. The smallest absolute Gasteiger partial charge is 0.410 e. The van der Waals surface area contributed by atoms with Crippen LogP contribution in [-0.2, 0) is 9.47 Å². The molecule has 1 aromatic carbocycles. The zero-order chi connectivity index (χ0) is 17.9. The summed E-state index contributed by atoms with van der Waals surface area (Å²) in [4.78, 5) is 14.1. The lowest BCUT2D eigenvalue weighted by Gasteiger charge is -2.29. The second-order valence-corrected chi connectivity index (χ2v) is 7.59. The van der Waals surface area contributed by atoms with E-state index < -0.39 is 5.60 Å². The third kappa shape index (κ3) is 4.88. The van der Waals surface area contributed by atoms with E-state index in [0.717, 1.165) is 5.56 Å². The number of hydrogen-bond donors (Lipinski definition) is 0. The Morgan fingerprint density at radius 2 is 2.08 bits per heavy atom. The number of hydrogen-bond acceptors (Lipinski definition) is 3. The molecule has 0 aromatic heterocycles. The van der Waals surface area contributed by atoms with Crippen molar-refractivity contribution in [1.29, 1.82) is 0 Å². The minimum atomic E-state index is -0.541. The van der Waals surface area contributed by atoms with Crippen molar-refractivity contribution in [1.82, 2.24) is 4.90 Å². The summed E-state index contributed by atoms with van der Waals surface area (Å²) in [5.74, 6) is -0.0905. The maximum Gasteiger partial charge on any atom is 0.410 e. The minimum absolute atomic E-state index is 0.0905. The van der Waals surface area contributed by atoms with E-state index >= 15 is 0 Å². The summed E-state index contributed by atoms with van der Waals surface area (Å²) in [6.45, 7) is 10.8. The van der Waals surface area contributed by atoms with Gasteiger partial charge in [-0.15, -0.1) is 6.58 Å². The average molecular weight is 372 g/mol. The number of carbonyl (C=O) groups excluding carboxylic acids is 1. The monoisotopic (exact) mass is 371 g/mol. The molecule has 0 radical (unpaired) electrons. The Morgan fingerprint density at radius 1 is 1.38 bits per heavy atom. The molecular formula is C18H23Cl2NO3. The Morgan fingerprint density at radius 3 is 2.67 bits per heavy atom. The molecule has 4 nitrogen and oxygen atoms in total. The highest BCUT2D eigenvalue weighted by molar-refractivity contribution is 6.42. The molecule has 0 N–H and O–H groups in total. The molecule has 1 fully saturated rings. The number of halogens is 2. The van der Waals surface area contributed by atoms with Gasteiger partial charge in [-0.3, -0.25) is 0 Å². The molecule has 24 heavy (non-hydrogen) atoms. The summed E-state index contributed by atoms with van der Waals surface area (Å²) >= 11 is 12.2.